The van der Waals surface area contributed by atoms with Gasteiger partial charge in [0.05, 0.1) is 5.56 Å². The van der Waals surface area contributed by atoms with Gasteiger partial charge in [-0.05, 0) is 42.5 Å². The van der Waals surface area contributed by atoms with Crippen molar-refractivity contribution in [2.75, 3.05) is 6.54 Å². The fourth-order valence-electron chi connectivity index (χ4n) is 2.02. The van der Waals surface area contributed by atoms with E-state index in [1.807, 2.05) is 0 Å². The molecule has 0 unspecified atom stereocenters. The van der Waals surface area contributed by atoms with Gasteiger partial charge in [-0.3, -0.25) is 0 Å². The molecule has 1 aliphatic rings. The molecular formula is C11H11ClF3N. The standard InChI is InChI=1S/C11H11ClF3N/c12-9-3-1-2-8(11(13,14)15)10(9)7-4-6(7)5-16/h1-3,6-7H,4-5,16H2/t6-,7+/m0/s1. The van der Waals surface area contributed by atoms with E-state index in [1.165, 1.54) is 12.1 Å². The summed E-state index contributed by atoms with van der Waals surface area (Å²) >= 11 is 5.85. The van der Waals surface area contributed by atoms with Gasteiger partial charge < -0.3 is 5.73 Å². The molecule has 0 saturated heterocycles. The van der Waals surface area contributed by atoms with Gasteiger partial charge in [-0.2, -0.15) is 13.2 Å². The van der Waals surface area contributed by atoms with Crippen molar-refractivity contribution in [2.45, 2.75) is 18.5 Å². The highest BCUT2D eigenvalue weighted by Crippen LogP contribution is 2.52. The van der Waals surface area contributed by atoms with Crippen LogP contribution in [0.1, 0.15) is 23.5 Å². The van der Waals surface area contributed by atoms with Crippen molar-refractivity contribution in [1.82, 2.24) is 0 Å². The number of hydrogen-bond acceptors (Lipinski definition) is 1. The van der Waals surface area contributed by atoms with Gasteiger partial charge in [0.15, 0.2) is 0 Å². The maximum absolute atomic E-state index is 12.8. The average molecular weight is 250 g/mol. The van der Waals surface area contributed by atoms with Crippen molar-refractivity contribution in [1.29, 1.82) is 0 Å². The van der Waals surface area contributed by atoms with Crippen LogP contribution in [0.5, 0.6) is 0 Å². The maximum atomic E-state index is 12.8. The van der Waals surface area contributed by atoms with E-state index >= 15 is 0 Å². The summed E-state index contributed by atoms with van der Waals surface area (Å²) in [6.45, 7) is 0.410. The number of benzene rings is 1. The molecule has 2 N–H and O–H groups in total. The van der Waals surface area contributed by atoms with Gasteiger partial charge in [-0.25, -0.2) is 0 Å². The lowest BCUT2D eigenvalue weighted by Crippen LogP contribution is -2.10. The van der Waals surface area contributed by atoms with Crippen molar-refractivity contribution < 1.29 is 13.2 Å². The van der Waals surface area contributed by atoms with Gasteiger partial charge in [0.1, 0.15) is 0 Å². The van der Waals surface area contributed by atoms with Crippen LogP contribution in [0, 0.1) is 5.92 Å². The Bertz CT molecular complexity index is 403. The molecule has 0 aliphatic heterocycles. The van der Waals surface area contributed by atoms with Crippen LogP contribution in [-0.4, -0.2) is 6.54 Å². The van der Waals surface area contributed by atoms with E-state index in [1.54, 1.807) is 0 Å². The molecule has 88 valence electrons. The van der Waals surface area contributed by atoms with Gasteiger partial charge >= 0.3 is 6.18 Å². The van der Waals surface area contributed by atoms with E-state index in [9.17, 15) is 13.2 Å². The topological polar surface area (TPSA) is 26.0 Å². The third-order valence-corrected chi connectivity index (χ3v) is 3.28. The number of hydrogen-bond donors (Lipinski definition) is 1. The van der Waals surface area contributed by atoms with Crippen molar-refractivity contribution in [3.63, 3.8) is 0 Å². The summed E-state index contributed by atoms with van der Waals surface area (Å²) in [5.74, 6) is 0.0105. The number of halogens is 4. The number of nitrogens with two attached hydrogens (primary N) is 1. The highest BCUT2D eigenvalue weighted by molar-refractivity contribution is 6.31. The molecule has 0 amide bonds. The first-order valence-corrected chi connectivity index (χ1v) is 5.38. The molecule has 0 heterocycles. The van der Waals surface area contributed by atoms with E-state index in [2.05, 4.69) is 0 Å². The zero-order valence-corrected chi connectivity index (χ0v) is 9.15. The van der Waals surface area contributed by atoms with Crippen LogP contribution in [0.4, 0.5) is 13.2 Å². The molecule has 0 aromatic heterocycles. The van der Waals surface area contributed by atoms with Crippen LogP contribution in [0.2, 0.25) is 5.02 Å². The van der Waals surface area contributed by atoms with E-state index < -0.39 is 11.7 Å². The van der Waals surface area contributed by atoms with Crippen molar-refractivity contribution in [3.05, 3.63) is 34.3 Å². The molecule has 0 spiro atoms. The van der Waals surface area contributed by atoms with E-state index in [0.717, 1.165) is 6.07 Å². The molecule has 1 aliphatic carbocycles. The molecule has 1 aromatic rings. The highest BCUT2D eigenvalue weighted by atomic mass is 35.5. The molecular weight excluding hydrogens is 239 g/mol. The predicted octanol–water partition coefficient (Wildman–Crippen LogP) is 3.42. The fraction of sp³-hybridized carbons (Fsp3) is 0.455. The zero-order chi connectivity index (χ0) is 11.9. The van der Waals surface area contributed by atoms with Crippen molar-refractivity contribution in [3.8, 4) is 0 Å². The lowest BCUT2D eigenvalue weighted by molar-refractivity contribution is -0.138. The summed E-state index contributed by atoms with van der Waals surface area (Å²) in [7, 11) is 0. The Labute approximate surface area is 96.4 Å². The van der Waals surface area contributed by atoms with Gasteiger partial charge in [0.25, 0.3) is 0 Å². The molecule has 16 heavy (non-hydrogen) atoms. The quantitative estimate of drug-likeness (QED) is 0.854. The Hall–Kier alpha value is -0.740. The highest BCUT2D eigenvalue weighted by Gasteiger charge is 2.44. The van der Waals surface area contributed by atoms with Crippen LogP contribution in [-0.2, 0) is 6.18 Å². The first kappa shape index (κ1) is 11.7. The monoisotopic (exact) mass is 249 g/mol. The first-order valence-electron chi connectivity index (χ1n) is 5.00. The molecule has 1 aromatic carbocycles. The number of alkyl halides is 3. The van der Waals surface area contributed by atoms with Crippen molar-refractivity contribution >= 4 is 11.6 Å². The normalized spacial score (nSPS) is 24.6. The van der Waals surface area contributed by atoms with Crippen LogP contribution in [0.3, 0.4) is 0 Å². The zero-order valence-electron chi connectivity index (χ0n) is 8.39. The minimum Gasteiger partial charge on any atom is -0.330 e. The maximum Gasteiger partial charge on any atom is 0.416 e. The third kappa shape index (κ3) is 2.04. The molecule has 5 heteroatoms. The van der Waals surface area contributed by atoms with E-state index in [4.69, 9.17) is 17.3 Å². The van der Waals surface area contributed by atoms with E-state index in [0.29, 0.717) is 13.0 Å². The smallest absolute Gasteiger partial charge is 0.330 e. The Morgan fingerprint density at radius 1 is 1.38 bits per heavy atom. The minimum atomic E-state index is -4.35. The molecule has 0 bridgehead atoms. The van der Waals surface area contributed by atoms with Crippen LogP contribution in [0.15, 0.2) is 18.2 Å². The van der Waals surface area contributed by atoms with E-state index in [-0.39, 0.29) is 22.4 Å². The summed E-state index contributed by atoms with van der Waals surface area (Å²) in [6, 6.07) is 3.90. The average Bonchev–Trinajstić information content (AvgIpc) is 2.95. The third-order valence-electron chi connectivity index (χ3n) is 2.95. The lowest BCUT2D eigenvalue weighted by Gasteiger charge is -2.14. The molecule has 2 rings (SSSR count). The van der Waals surface area contributed by atoms with Crippen LogP contribution < -0.4 is 5.73 Å². The lowest BCUT2D eigenvalue weighted by atomic mass is 10.0. The summed E-state index contributed by atoms with van der Waals surface area (Å²) < 4.78 is 38.3. The fourth-order valence-corrected chi connectivity index (χ4v) is 2.34. The van der Waals surface area contributed by atoms with Crippen molar-refractivity contribution in [2.24, 2.45) is 11.7 Å². The summed E-state index contributed by atoms with van der Waals surface area (Å²) in [4.78, 5) is 0. The van der Waals surface area contributed by atoms with Crippen LogP contribution in [0.25, 0.3) is 0 Å². The molecule has 1 nitrogen and oxygen atoms in total. The van der Waals surface area contributed by atoms with Crippen LogP contribution >= 0.6 is 11.6 Å². The van der Waals surface area contributed by atoms with Gasteiger partial charge in [0, 0.05) is 5.02 Å². The largest absolute Gasteiger partial charge is 0.416 e. The predicted molar refractivity (Wildman–Crippen MR) is 56.4 cm³/mol. The van der Waals surface area contributed by atoms with Gasteiger partial charge in [0.2, 0.25) is 0 Å². The first-order chi connectivity index (χ1) is 7.45. The number of rotatable bonds is 2. The van der Waals surface area contributed by atoms with Gasteiger partial charge in [-0.1, -0.05) is 17.7 Å². The Balaban J connectivity index is 2.43. The second-order valence-electron chi connectivity index (χ2n) is 4.04. The summed E-state index contributed by atoms with van der Waals surface area (Å²) in [6.07, 6.45) is -3.65. The summed E-state index contributed by atoms with van der Waals surface area (Å²) in [5.41, 5.74) is 5.04. The van der Waals surface area contributed by atoms with Gasteiger partial charge in [-0.15, -0.1) is 0 Å². The summed E-state index contributed by atoms with van der Waals surface area (Å²) in [5, 5.41) is 0.191. The second-order valence-corrected chi connectivity index (χ2v) is 4.44. The minimum absolute atomic E-state index is 0.129. The second kappa shape index (κ2) is 3.93. The molecule has 0 radical (unpaired) electrons. The molecule has 1 fully saturated rings. The Kier molecular flexibility index (Phi) is 2.88. The SMILES string of the molecule is NC[C@@H]1C[C@H]1c1c(Cl)cccc1C(F)(F)F. The Morgan fingerprint density at radius 3 is 2.56 bits per heavy atom. The molecule has 2 atom stereocenters. The molecule has 1 saturated carbocycles. The Morgan fingerprint density at radius 2 is 2.06 bits per heavy atom.